The van der Waals surface area contributed by atoms with Crippen molar-refractivity contribution in [3.63, 3.8) is 0 Å². The number of carbonyl (C=O) groups excluding carboxylic acids is 2. The Morgan fingerprint density at radius 2 is 1.86 bits per heavy atom. The van der Waals surface area contributed by atoms with E-state index in [1.807, 2.05) is 41.3 Å². The van der Waals surface area contributed by atoms with Crippen LogP contribution in [0.25, 0.3) is 0 Å². The van der Waals surface area contributed by atoms with Gasteiger partial charge in [0.25, 0.3) is 0 Å². The molecule has 1 fully saturated rings. The number of H-pyrrole nitrogens is 1. The molecule has 0 bridgehead atoms. The lowest BCUT2D eigenvalue weighted by Crippen LogP contribution is -2.41. The zero-order valence-corrected chi connectivity index (χ0v) is 17.0. The van der Waals surface area contributed by atoms with Crippen LogP contribution in [-0.4, -0.2) is 40.0 Å². The minimum atomic E-state index is -0.0760. The number of likely N-dealkylation sites (tertiary alicyclic amines) is 1. The first kappa shape index (κ1) is 20.1. The zero-order valence-electron chi connectivity index (χ0n) is 17.0. The first-order valence-electron chi connectivity index (χ1n) is 10.0. The summed E-state index contributed by atoms with van der Waals surface area (Å²) in [5, 5.41) is 10.1. The summed E-state index contributed by atoms with van der Waals surface area (Å²) in [6.07, 6.45) is 2.66. The molecule has 3 rings (SSSR count). The highest BCUT2D eigenvalue weighted by Gasteiger charge is 2.28. The fourth-order valence-electron chi connectivity index (χ4n) is 3.44. The van der Waals surface area contributed by atoms with Crippen molar-refractivity contribution in [3.8, 4) is 0 Å². The van der Waals surface area contributed by atoms with Crippen molar-refractivity contribution in [2.45, 2.75) is 51.9 Å². The van der Waals surface area contributed by atoms with Crippen LogP contribution in [0.1, 0.15) is 51.3 Å². The molecule has 1 aliphatic heterocycles. The first-order chi connectivity index (χ1) is 13.3. The monoisotopic (exact) mass is 382 g/mol. The van der Waals surface area contributed by atoms with Gasteiger partial charge in [-0.25, -0.2) is 0 Å². The minimum absolute atomic E-state index is 0.0108. The van der Waals surface area contributed by atoms with Gasteiger partial charge in [-0.15, -0.1) is 0 Å². The summed E-state index contributed by atoms with van der Waals surface area (Å²) >= 11 is 0. The van der Waals surface area contributed by atoms with E-state index in [2.05, 4.69) is 36.3 Å². The van der Waals surface area contributed by atoms with E-state index in [-0.39, 0.29) is 23.1 Å². The van der Waals surface area contributed by atoms with E-state index in [0.717, 1.165) is 12.1 Å². The van der Waals surface area contributed by atoms with Crippen molar-refractivity contribution >= 4 is 17.6 Å². The van der Waals surface area contributed by atoms with E-state index in [9.17, 15) is 9.59 Å². The summed E-state index contributed by atoms with van der Waals surface area (Å²) in [4.78, 5) is 26.9. The molecule has 1 saturated heterocycles. The number of aromatic nitrogens is 2. The van der Waals surface area contributed by atoms with Gasteiger partial charge in [-0.05, 0) is 24.8 Å². The molecule has 1 aliphatic rings. The van der Waals surface area contributed by atoms with Gasteiger partial charge in [-0.1, -0.05) is 51.1 Å². The standard InChI is InChI=1S/C22H30N4O2/c1-22(2,3)18-15-19(25-24-18)23-21(28)17-11-13-26(14-12-17)20(27)10-9-16-7-5-4-6-8-16/h4-8,15,17H,9-14H2,1-3H3,(H2,23,24,25,28). The molecule has 150 valence electrons. The number of anilines is 1. The maximum absolute atomic E-state index is 12.5. The summed E-state index contributed by atoms with van der Waals surface area (Å²) in [5.74, 6) is 0.650. The number of nitrogens with one attached hydrogen (secondary N) is 2. The Bertz CT molecular complexity index is 799. The lowest BCUT2D eigenvalue weighted by molar-refractivity contribution is -0.134. The molecule has 2 N–H and O–H groups in total. The Morgan fingerprint density at radius 3 is 2.46 bits per heavy atom. The smallest absolute Gasteiger partial charge is 0.228 e. The third kappa shape index (κ3) is 5.21. The van der Waals surface area contributed by atoms with Gasteiger partial charge in [0.15, 0.2) is 5.82 Å². The van der Waals surface area contributed by atoms with Crippen molar-refractivity contribution in [1.29, 1.82) is 0 Å². The summed E-state index contributed by atoms with van der Waals surface area (Å²) in [6, 6.07) is 11.9. The average Bonchev–Trinajstić information content (AvgIpc) is 3.16. The molecule has 2 heterocycles. The Kier molecular flexibility index (Phi) is 6.17. The highest BCUT2D eigenvalue weighted by molar-refractivity contribution is 5.92. The largest absolute Gasteiger partial charge is 0.343 e. The minimum Gasteiger partial charge on any atom is -0.343 e. The maximum Gasteiger partial charge on any atom is 0.228 e. The zero-order chi connectivity index (χ0) is 20.1. The fraction of sp³-hybridized carbons (Fsp3) is 0.500. The summed E-state index contributed by atoms with van der Waals surface area (Å²) < 4.78 is 0. The van der Waals surface area contributed by atoms with Crippen LogP contribution in [0.2, 0.25) is 0 Å². The average molecular weight is 383 g/mol. The van der Waals surface area contributed by atoms with Gasteiger partial charge >= 0.3 is 0 Å². The lowest BCUT2D eigenvalue weighted by Gasteiger charge is -2.31. The summed E-state index contributed by atoms with van der Waals surface area (Å²) in [5.41, 5.74) is 2.13. The normalized spacial score (nSPS) is 15.5. The van der Waals surface area contributed by atoms with Crippen LogP contribution in [0.15, 0.2) is 36.4 Å². The molecular weight excluding hydrogens is 352 g/mol. The van der Waals surface area contributed by atoms with E-state index in [0.29, 0.717) is 38.2 Å². The molecular formula is C22H30N4O2. The molecule has 0 radical (unpaired) electrons. The number of carbonyl (C=O) groups is 2. The van der Waals surface area contributed by atoms with Crippen LogP contribution in [-0.2, 0) is 21.4 Å². The predicted molar refractivity (Wildman–Crippen MR) is 110 cm³/mol. The second-order valence-corrected chi connectivity index (χ2v) is 8.55. The Hall–Kier alpha value is -2.63. The molecule has 1 aromatic carbocycles. The number of rotatable bonds is 5. The highest BCUT2D eigenvalue weighted by Crippen LogP contribution is 2.24. The molecule has 2 amide bonds. The molecule has 0 unspecified atom stereocenters. The van der Waals surface area contributed by atoms with Crippen LogP contribution in [0, 0.1) is 5.92 Å². The van der Waals surface area contributed by atoms with Gasteiger partial charge < -0.3 is 10.2 Å². The lowest BCUT2D eigenvalue weighted by atomic mass is 9.92. The third-order valence-electron chi connectivity index (χ3n) is 5.33. The quantitative estimate of drug-likeness (QED) is 0.830. The number of benzene rings is 1. The fourth-order valence-corrected chi connectivity index (χ4v) is 3.44. The number of hydrogen-bond acceptors (Lipinski definition) is 3. The number of piperidine rings is 1. The van der Waals surface area contributed by atoms with Crippen LogP contribution in [0.3, 0.4) is 0 Å². The maximum atomic E-state index is 12.5. The van der Waals surface area contributed by atoms with E-state index in [1.165, 1.54) is 5.56 Å². The molecule has 0 atom stereocenters. The van der Waals surface area contributed by atoms with Gasteiger partial charge in [0, 0.05) is 42.6 Å². The van der Waals surface area contributed by atoms with Crippen LogP contribution < -0.4 is 5.32 Å². The van der Waals surface area contributed by atoms with Gasteiger partial charge in [-0.3, -0.25) is 14.7 Å². The third-order valence-corrected chi connectivity index (χ3v) is 5.33. The molecule has 1 aromatic heterocycles. The second-order valence-electron chi connectivity index (χ2n) is 8.55. The molecule has 6 nitrogen and oxygen atoms in total. The highest BCUT2D eigenvalue weighted by atomic mass is 16.2. The van der Waals surface area contributed by atoms with Gasteiger partial charge in [0.05, 0.1) is 0 Å². The Balaban J connectivity index is 1.44. The van der Waals surface area contributed by atoms with Crippen LogP contribution in [0.4, 0.5) is 5.82 Å². The Morgan fingerprint density at radius 1 is 1.18 bits per heavy atom. The van der Waals surface area contributed by atoms with Crippen LogP contribution >= 0.6 is 0 Å². The number of hydrogen-bond donors (Lipinski definition) is 2. The number of nitrogens with zero attached hydrogens (tertiary/aromatic N) is 2. The van der Waals surface area contributed by atoms with Crippen molar-refractivity contribution < 1.29 is 9.59 Å². The van der Waals surface area contributed by atoms with E-state index >= 15 is 0 Å². The van der Waals surface area contributed by atoms with Crippen molar-refractivity contribution in [2.75, 3.05) is 18.4 Å². The molecule has 2 aromatic rings. The SMILES string of the molecule is CC(C)(C)c1cc(NC(=O)C2CCN(C(=O)CCc3ccccc3)CC2)n[nH]1. The van der Waals surface area contributed by atoms with Crippen molar-refractivity contribution in [3.05, 3.63) is 47.7 Å². The van der Waals surface area contributed by atoms with E-state index < -0.39 is 0 Å². The molecule has 0 saturated carbocycles. The Labute approximate surface area is 166 Å². The van der Waals surface area contributed by atoms with Crippen molar-refractivity contribution in [1.82, 2.24) is 15.1 Å². The predicted octanol–water partition coefficient (Wildman–Crippen LogP) is 3.52. The topological polar surface area (TPSA) is 78.1 Å². The van der Waals surface area contributed by atoms with Crippen LogP contribution in [0.5, 0.6) is 0 Å². The number of aryl methyl sites for hydroxylation is 1. The molecule has 28 heavy (non-hydrogen) atoms. The molecule has 6 heteroatoms. The molecule has 0 spiro atoms. The van der Waals surface area contributed by atoms with Crippen molar-refractivity contribution in [2.24, 2.45) is 5.92 Å². The summed E-state index contributed by atoms with van der Waals surface area (Å²) in [7, 11) is 0. The van der Waals surface area contributed by atoms with E-state index in [1.54, 1.807) is 0 Å². The summed E-state index contributed by atoms with van der Waals surface area (Å²) in [6.45, 7) is 7.56. The van der Waals surface area contributed by atoms with Gasteiger partial charge in [0.2, 0.25) is 11.8 Å². The number of aromatic amines is 1. The van der Waals surface area contributed by atoms with E-state index in [4.69, 9.17) is 0 Å². The second kappa shape index (κ2) is 8.59. The van der Waals surface area contributed by atoms with Gasteiger partial charge in [-0.2, -0.15) is 5.10 Å². The number of amides is 2. The first-order valence-corrected chi connectivity index (χ1v) is 10.0. The molecule has 0 aliphatic carbocycles. The van der Waals surface area contributed by atoms with Gasteiger partial charge in [0.1, 0.15) is 0 Å².